The molecule has 0 spiro atoms. The van der Waals surface area contributed by atoms with Crippen LogP contribution in [0.15, 0.2) is 280 Å². The standard InChI is InChI=1S/C49H54N4O7.4C10H8N2.2Ru/c1-29-11-16-50-40(19-29)39-8-5-32(27-53-39)23-45(55)59-35-9-14-47(3)34(25-35)6-7-37-38(47)26-43(48(4)36(10-15-49(37,48)57)33-24-44(54)58-28-33)60-46(56)22-31-13-18-52-42(21-31)41-20-30(2)12-17-51-41;4*1-3-7-11-9(5-1)10-6-2-4-8-12-10;;/h5,8,11-13,16-21,24,27,34-38,43,57H,6-7,9-10,14-15,22-23,25-26,28H2,1-4H3;4*1-8H;;. The van der Waals surface area contributed by atoms with Gasteiger partial charge in [0.15, 0.2) is 0 Å². The van der Waals surface area contributed by atoms with Gasteiger partial charge in [0.05, 0.1) is 86.8 Å². The Labute approximate surface area is 667 Å². The van der Waals surface area contributed by atoms with E-state index >= 15 is 0 Å². The van der Waals surface area contributed by atoms with Crippen LogP contribution >= 0.6 is 0 Å². The van der Waals surface area contributed by atoms with Crippen LogP contribution in [0, 0.1) is 48.3 Å². The molecule has 0 aromatic carbocycles. The quantitative estimate of drug-likeness (QED) is 0.0639. The number of rotatable bonds is 13. The minimum absolute atomic E-state index is 0. The van der Waals surface area contributed by atoms with Gasteiger partial charge in [-0.05, 0) is 262 Å². The number of aryl methyl sites for hydroxylation is 2. The van der Waals surface area contributed by atoms with E-state index in [9.17, 15) is 19.5 Å². The summed E-state index contributed by atoms with van der Waals surface area (Å²) in [7, 11) is 0. The summed E-state index contributed by atoms with van der Waals surface area (Å²) >= 11 is 0. The number of esters is 3. The third-order valence-electron chi connectivity index (χ3n) is 21.6. The van der Waals surface area contributed by atoms with E-state index in [2.05, 4.69) is 73.7 Å². The number of ether oxygens (including phenoxy) is 3. The number of fused-ring (bicyclic) bond motifs is 5. The Morgan fingerprint density at radius 1 is 0.427 bits per heavy atom. The van der Waals surface area contributed by atoms with Crippen LogP contribution in [0.25, 0.3) is 68.3 Å². The van der Waals surface area contributed by atoms with Crippen molar-refractivity contribution in [3.63, 3.8) is 0 Å². The van der Waals surface area contributed by atoms with Crippen molar-refractivity contribution >= 4 is 17.9 Å². The van der Waals surface area contributed by atoms with Crippen molar-refractivity contribution in [2.24, 2.45) is 34.5 Å². The molecule has 0 bridgehead atoms. The van der Waals surface area contributed by atoms with E-state index in [1.807, 2.05) is 208 Å². The van der Waals surface area contributed by atoms with E-state index in [-0.39, 0.29) is 112 Å². The van der Waals surface area contributed by atoms with Gasteiger partial charge in [0.1, 0.15) is 18.8 Å². The molecule has 4 fully saturated rings. The Hall–Kier alpha value is -10.8. The summed E-state index contributed by atoms with van der Waals surface area (Å²) in [4.78, 5) is 91.2. The Morgan fingerprint density at radius 3 is 1.25 bits per heavy atom. The summed E-state index contributed by atoms with van der Waals surface area (Å²) in [6.45, 7) is 8.66. The van der Waals surface area contributed by atoms with Gasteiger partial charge in [-0.3, -0.25) is 69.4 Å². The Bertz CT molecular complexity index is 4520. The SMILES string of the molecule is Cc1ccnc(-c2ccc(CC(=O)OC3CCC4(C)C(CCC5C4CC(OC(=O)Cc4ccnc(-c6cc(C)ccn6)c4)C4(C)C(C6=CC(=O)OC6)CCC54O)C3)cn2)c1.[Ru].[Ru].c1ccc(-c2ccccn2)nc1.c1ccc(-c2ccccn2)nc1.c1ccc(-c2ccccn2)nc1.c1ccc(-c2ccccn2)nc1. The van der Waals surface area contributed by atoms with Crippen LogP contribution in [-0.4, -0.2) is 107 Å². The van der Waals surface area contributed by atoms with E-state index in [0.717, 1.165) is 123 Å². The molecule has 0 amide bonds. The molecular formula is C89H86N12O7Ru2. The van der Waals surface area contributed by atoms with Gasteiger partial charge in [0.25, 0.3) is 0 Å². The van der Waals surface area contributed by atoms with Crippen LogP contribution in [0.2, 0.25) is 0 Å². The second-order valence-corrected chi connectivity index (χ2v) is 28.3. The molecule has 110 heavy (non-hydrogen) atoms. The topological polar surface area (TPSA) is 254 Å². The molecule has 0 radical (unpaired) electrons. The van der Waals surface area contributed by atoms with Gasteiger partial charge in [-0.15, -0.1) is 0 Å². The Morgan fingerprint density at radius 2 is 0.836 bits per heavy atom. The summed E-state index contributed by atoms with van der Waals surface area (Å²) in [5, 5.41) is 13.2. The predicted molar refractivity (Wildman–Crippen MR) is 413 cm³/mol. The van der Waals surface area contributed by atoms with Crippen molar-refractivity contribution in [2.45, 2.75) is 110 Å². The van der Waals surface area contributed by atoms with E-state index in [1.165, 1.54) is 0 Å². The Kier molecular flexibility index (Phi) is 27.7. The zero-order valence-electron chi connectivity index (χ0n) is 61.7. The number of aromatic nitrogens is 12. The van der Waals surface area contributed by atoms with Crippen molar-refractivity contribution in [1.29, 1.82) is 0 Å². The normalized spacial score (nSPS) is 21.6. The van der Waals surface area contributed by atoms with Gasteiger partial charge >= 0.3 is 17.9 Å². The summed E-state index contributed by atoms with van der Waals surface area (Å²) in [5.41, 5.74) is 12.8. The van der Waals surface area contributed by atoms with Crippen molar-refractivity contribution in [3.05, 3.63) is 302 Å². The smallest absolute Gasteiger partial charge is 0.331 e. The van der Waals surface area contributed by atoms with Crippen LogP contribution < -0.4 is 0 Å². The van der Waals surface area contributed by atoms with Crippen LogP contribution in [0.1, 0.15) is 87.5 Å². The fraction of sp³-hybridized carbons (Fsp3) is 0.270. The molecule has 21 heteroatoms. The number of aliphatic hydroxyl groups is 1. The number of pyridine rings is 12. The minimum atomic E-state index is -1.12. The second-order valence-electron chi connectivity index (χ2n) is 28.3. The number of cyclic esters (lactones) is 1. The zero-order valence-corrected chi connectivity index (χ0v) is 65.2. The first-order valence-corrected chi connectivity index (χ1v) is 36.7. The number of hydrogen-bond donors (Lipinski definition) is 1. The number of nitrogens with zero attached hydrogens (tertiary/aromatic N) is 12. The molecule has 4 aliphatic carbocycles. The van der Waals surface area contributed by atoms with E-state index in [0.29, 0.717) is 25.0 Å². The predicted octanol–water partition coefficient (Wildman–Crippen LogP) is 16.3. The first kappa shape index (κ1) is 80.2. The molecular weight excluding hydrogens is 1550 g/mol. The summed E-state index contributed by atoms with van der Waals surface area (Å²) in [6, 6.07) is 61.7. The van der Waals surface area contributed by atoms with Crippen LogP contribution in [0.5, 0.6) is 0 Å². The van der Waals surface area contributed by atoms with Gasteiger partial charge in [-0.2, -0.15) is 0 Å². The van der Waals surface area contributed by atoms with Gasteiger partial charge < -0.3 is 19.3 Å². The van der Waals surface area contributed by atoms with Gasteiger partial charge in [0.2, 0.25) is 0 Å². The van der Waals surface area contributed by atoms with E-state index < -0.39 is 17.1 Å². The fourth-order valence-corrected chi connectivity index (χ4v) is 16.2. The van der Waals surface area contributed by atoms with Crippen molar-refractivity contribution in [2.75, 3.05) is 6.61 Å². The van der Waals surface area contributed by atoms with Crippen molar-refractivity contribution < 1.29 is 72.7 Å². The molecule has 12 aromatic rings. The molecule has 560 valence electrons. The number of carbonyl (C=O) groups is 3. The third kappa shape index (κ3) is 19.6. The summed E-state index contributed by atoms with van der Waals surface area (Å²) in [5.74, 6) is -0.782. The molecule has 12 aromatic heterocycles. The summed E-state index contributed by atoms with van der Waals surface area (Å²) in [6.07, 6.45) is 28.0. The maximum Gasteiger partial charge on any atom is 0.331 e. The zero-order chi connectivity index (χ0) is 74.7. The molecule has 5 aliphatic rings. The van der Waals surface area contributed by atoms with Crippen molar-refractivity contribution in [3.8, 4) is 68.3 Å². The van der Waals surface area contributed by atoms with E-state index in [1.54, 1.807) is 80.4 Å². The van der Waals surface area contributed by atoms with Crippen molar-refractivity contribution in [1.82, 2.24) is 59.8 Å². The molecule has 13 heterocycles. The molecule has 1 N–H and O–H groups in total. The molecule has 17 rings (SSSR count). The maximum atomic E-state index is 14.1. The molecule has 1 aliphatic heterocycles. The third-order valence-corrected chi connectivity index (χ3v) is 21.6. The van der Waals surface area contributed by atoms with Crippen LogP contribution in [0.4, 0.5) is 0 Å². The van der Waals surface area contributed by atoms with Gasteiger partial charge in [-0.25, -0.2) is 4.79 Å². The van der Waals surface area contributed by atoms with Gasteiger partial charge in [0, 0.05) is 125 Å². The minimum Gasteiger partial charge on any atom is -0.462 e. The number of carbonyl (C=O) groups excluding carboxylic acids is 3. The Balaban J connectivity index is 0.000000189. The van der Waals surface area contributed by atoms with E-state index in [4.69, 9.17) is 14.2 Å². The number of hydrogen-bond acceptors (Lipinski definition) is 19. The molecule has 4 saturated carbocycles. The average Bonchev–Trinajstić information content (AvgIpc) is 1.45. The molecule has 9 atom stereocenters. The first-order valence-electron chi connectivity index (χ1n) is 36.7. The van der Waals surface area contributed by atoms with Crippen LogP contribution in [0.3, 0.4) is 0 Å². The summed E-state index contributed by atoms with van der Waals surface area (Å²) < 4.78 is 18.2. The molecule has 9 unspecified atom stereocenters. The van der Waals surface area contributed by atoms with Crippen LogP contribution in [-0.2, 0) is 80.4 Å². The second kappa shape index (κ2) is 38.0. The first-order chi connectivity index (χ1) is 52.7. The molecule has 0 saturated heterocycles. The maximum absolute atomic E-state index is 14.1. The molecule has 19 nitrogen and oxygen atoms in total. The monoisotopic (exact) mass is 1640 g/mol. The average molecular weight is 1640 g/mol. The fourth-order valence-electron chi connectivity index (χ4n) is 16.2. The van der Waals surface area contributed by atoms with Gasteiger partial charge in [-0.1, -0.05) is 68.4 Å². The largest absolute Gasteiger partial charge is 0.462 e.